The number of rotatable bonds is 4. The van der Waals surface area contributed by atoms with Gasteiger partial charge in [-0.2, -0.15) is 5.10 Å². The highest BCUT2D eigenvalue weighted by Gasteiger charge is 2.18. The highest BCUT2D eigenvalue weighted by Crippen LogP contribution is 2.29. The first-order chi connectivity index (χ1) is 11.7. The number of aromatic nitrogens is 5. The van der Waals surface area contributed by atoms with Gasteiger partial charge in [-0.25, -0.2) is 9.36 Å². The Kier molecular flexibility index (Phi) is 3.90. The van der Waals surface area contributed by atoms with Crippen LogP contribution in [0.5, 0.6) is 0 Å². The van der Waals surface area contributed by atoms with Gasteiger partial charge in [-0.3, -0.25) is 0 Å². The maximum Gasteiger partial charge on any atom is 0.115 e. The topological polar surface area (TPSA) is 57.8 Å². The lowest BCUT2D eigenvalue weighted by Gasteiger charge is -2.12. The molecule has 6 nitrogen and oxygen atoms in total. The molecule has 0 amide bonds. The summed E-state index contributed by atoms with van der Waals surface area (Å²) in [4.78, 5) is 0. The van der Waals surface area contributed by atoms with E-state index in [2.05, 4.69) is 41.4 Å². The van der Waals surface area contributed by atoms with Gasteiger partial charge in [0.1, 0.15) is 5.69 Å². The monoisotopic (exact) mass is 323 g/mol. The van der Waals surface area contributed by atoms with E-state index in [1.54, 1.807) is 6.20 Å². The molecule has 0 N–H and O–H groups in total. The van der Waals surface area contributed by atoms with Gasteiger partial charge in [0, 0.05) is 24.6 Å². The summed E-state index contributed by atoms with van der Waals surface area (Å²) in [5.74, 6) is 0. The van der Waals surface area contributed by atoms with Crippen LogP contribution in [0.1, 0.15) is 24.0 Å². The third-order valence-corrected chi connectivity index (χ3v) is 4.41. The summed E-state index contributed by atoms with van der Waals surface area (Å²) in [5.41, 5.74) is 5.34. The van der Waals surface area contributed by atoms with E-state index >= 15 is 0 Å². The SMILES string of the molecule is Cc1cc(C)c(-n2cccn2)c(-c2cn(C[C@@H]3CCCO3)nn2)c1. The molecule has 24 heavy (non-hydrogen) atoms. The standard InChI is InChI=1S/C18H21N5O/c1-13-9-14(2)18(23-7-4-6-19-23)16(10-13)17-12-22(21-20-17)11-15-5-3-8-24-15/h4,6-7,9-10,12,15H,3,5,8,11H2,1-2H3/t15-/m0/s1. The molecule has 1 fully saturated rings. The Morgan fingerprint density at radius 3 is 2.96 bits per heavy atom. The number of ether oxygens (including phenoxy) is 1. The number of nitrogens with zero attached hydrogens (tertiary/aromatic N) is 5. The van der Waals surface area contributed by atoms with Crippen molar-refractivity contribution < 1.29 is 4.74 Å². The Morgan fingerprint density at radius 2 is 2.21 bits per heavy atom. The highest BCUT2D eigenvalue weighted by atomic mass is 16.5. The summed E-state index contributed by atoms with van der Waals surface area (Å²) in [5, 5.41) is 13.1. The van der Waals surface area contributed by atoms with Crippen LogP contribution in [0.25, 0.3) is 16.9 Å². The van der Waals surface area contributed by atoms with Crippen molar-refractivity contribution in [3.8, 4) is 16.9 Å². The predicted octanol–water partition coefficient (Wildman–Crippen LogP) is 2.93. The number of hydrogen-bond donors (Lipinski definition) is 0. The zero-order valence-electron chi connectivity index (χ0n) is 14.0. The molecule has 0 unspecified atom stereocenters. The molecule has 6 heteroatoms. The first-order valence-electron chi connectivity index (χ1n) is 8.34. The largest absolute Gasteiger partial charge is 0.376 e. The van der Waals surface area contributed by atoms with Crippen LogP contribution >= 0.6 is 0 Å². The van der Waals surface area contributed by atoms with Gasteiger partial charge in [-0.15, -0.1) is 5.10 Å². The van der Waals surface area contributed by atoms with E-state index in [0.29, 0.717) is 0 Å². The Morgan fingerprint density at radius 1 is 1.29 bits per heavy atom. The molecule has 2 aromatic heterocycles. The Bertz CT molecular complexity index is 831. The summed E-state index contributed by atoms with van der Waals surface area (Å²) >= 11 is 0. The number of aryl methyl sites for hydroxylation is 2. The first kappa shape index (κ1) is 15.1. The zero-order chi connectivity index (χ0) is 16.5. The molecule has 3 heterocycles. The van der Waals surface area contributed by atoms with Gasteiger partial charge >= 0.3 is 0 Å². The van der Waals surface area contributed by atoms with Crippen molar-refractivity contribution in [3.63, 3.8) is 0 Å². The maximum atomic E-state index is 5.69. The van der Waals surface area contributed by atoms with Gasteiger partial charge in [0.15, 0.2) is 0 Å². The molecular weight excluding hydrogens is 302 g/mol. The van der Waals surface area contributed by atoms with Crippen molar-refractivity contribution >= 4 is 0 Å². The van der Waals surface area contributed by atoms with Crippen LogP contribution in [0.4, 0.5) is 0 Å². The van der Waals surface area contributed by atoms with Crippen LogP contribution in [0.3, 0.4) is 0 Å². The van der Waals surface area contributed by atoms with Crippen molar-refractivity contribution in [3.05, 3.63) is 47.9 Å². The zero-order valence-corrected chi connectivity index (χ0v) is 14.0. The molecule has 0 saturated carbocycles. The first-order valence-corrected chi connectivity index (χ1v) is 8.34. The summed E-state index contributed by atoms with van der Waals surface area (Å²) in [6, 6.07) is 6.24. The molecule has 1 aromatic carbocycles. The highest BCUT2D eigenvalue weighted by molar-refractivity contribution is 5.72. The van der Waals surface area contributed by atoms with Gasteiger partial charge in [-0.1, -0.05) is 16.8 Å². The van der Waals surface area contributed by atoms with Crippen molar-refractivity contribution in [2.24, 2.45) is 0 Å². The van der Waals surface area contributed by atoms with Crippen molar-refractivity contribution in [2.45, 2.75) is 39.3 Å². The average Bonchev–Trinajstić information content (AvgIpc) is 3.29. The summed E-state index contributed by atoms with van der Waals surface area (Å²) in [6.45, 7) is 5.81. The molecule has 3 aromatic rings. The van der Waals surface area contributed by atoms with Crippen LogP contribution in [0.15, 0.2) is 36.8 Å². The molecule has 1 atom stereocenters. The lowest BCUT2D eigenvalue weighted by molar-refractivity contribution is 0.0935. The molecule has 1 saturated heterocycles. The summed E-state index contributed by atoms with van der Waals surface area (Å²) in [7, 11) is 0. The summed E-state index contributed by atoms with van der Waals surface area (Å²) in [6.07, 6.45) is 8.23. The van der Waals surface area contributed by atoms with E-state index in [9.17, 15) is 0 Å². The predicted molar refractivity (Wildman–Crippen MR) is 91.0 cm³/mol. The molecule has 0 spiro atoms. The molecule has 0 radical (unpaired) electrons. The van der Waals surface area contributed by atoms with Gasteiger partial charge < -0.3 is 4.74 Å². The van der Waals surface area contributed by atoms with E-state index in [1.165, 1.54) is 11.1 Å². The van der Waals surface area contributed by atoms with Crippen LogP contribution in [0.2, 0.25) is 0 Å². The Balaban J connectivity index is 1.72. The lowest BCUT2D eigenvalue weighted by Crippen LogP contribution is -2.15. The van der Waals surface area contributed by atoms with Crippen LogP contribution in [-0.4, -0.2) is 37.5 Å². The fourth-order valence-electron chi connectivity index (χ4n) is 3.37. The average molecular weight is 323 g/mol. The smallest absolute Gasteiger partial charge is 0.115 e. The fraction of sp³-hybridized carbons (Fsp3) is 0.389. The van der Waals surface area contributed by atoms with Crippen molar-refractivity contribution in [1.82, 2.24) is 24.8 Å². The Labute approximate surface area is 141 Å². The van der Waals surface area contributed by atoms with Gasteiger partial charge in [0.05, 0.1) is 24.5 Å². The molecule has 1 aliphatic heterocycles. The molecular formula is C18H21N5O. The Hall–Kier alpha value is -2.47. The molecule has 124 valence electrons. The van der Waals surface area contributed by atoms with Gasteiger partial charge in [-0.05, 0) is 44.4 Å². The van der Waals surface area contributed by atoms with E-state index in [4.69, 9.17) is 4.74 Å². The number of benzene rings is 1. The normalized spacial score (nSPS) is 17.5. The molecule has 4 rings (SSSR count). The molecule has 0 aliphatic carbocycles. The summed E-state index contributed by atoms with van der Waals surface area (Å²) < 4.78 is 9.47. The second-order valence-corrected chi connectivity index (χ2v) is 6.39. The third kappa shape index (κ3) is 2.85. The van der Waals surface area contributed by atoms with Crippen molar-refractivity contribution in [2.75, 3.05) is 6.61 Å². The van der Waals surface area contributed by atoms with Gasteiger partial charge in [0.25, 0.3) is 0 Å². The third-order valence-electron chi connectivity index (χ3n) is 4.41. The van der Waals surface area contributed by atoms with Crippen LogP contribution in [-0.2, 0) is 11.3 Å². The maximum absolute atomic E-state index is 5.69. The fourth-order valence-corrected chi connectivity index (χ4v) is 3.37. The minimum absolute atomic E-state index is 0.254. The minimum atomic E-state index is 0.254. The second-order valence-electron chi connectivity index (χ2n) is 6.39. The minimum Gasteiger partial charge on any atom is -0.376 e. The quantitative estimate of drug-likeness (QED) is 0.741. The van der Waals surface area contributed by atoms with E-state index < -0.39 is 0 Å². The van der Waals surface area contributed by atoms with E-state index in [1.807, 2.05) is 27.8 Å². The van der Waals surface area contributed by atoms with Crippen molar-refractivity contribution in [1.29, 1.82) is 0 Å². The van der Waals surface area contributed by atoms with Crippen LogP contribution < -0.4 is 0 Å². The van der Waals surface area contributed by atoms with Gasteiger partial charge in [0.2, 0.25) is 0 Å². The molecule has 0 bridgehead atoms. The van der Waals surface area contributed by atoms with E-state index in [0.717, 1.165) is 42.9 Å². The number of hydrogen-bond acceptors (Lipinski definition) is 4. The molecule has 1 aliphatic rings. The van der Waals surface area contributed by atoms with Crippen LogP contribution in [0, 0.1) is 13.8 Å². The lowest BCUT2D eigenvalue weighted by atomic mass is 10.0. The van der Waals surface area contributed by atoms with E-state index in [-0.39, 0.29) is 6.10 Å². The second kappa shape index (κ2) is 6.20.